The van der Waals surface area contributed by atoms with Crippen LogP contribution in [0.5, 0.6) is 0 Å². The van der Waals surface area contributed by atoms with E-state index >= 15 is 0 Å². The molecule has 0 radical (unpaired) electrons. The van der Waals surface area contributed by atoms with Crippen molar-refractivity contribution in [2.45, 2.75) is 104 Å². The van der Waals surface area contributed by atoms with Gasteiger partial charge in [0.1, 0.15) is 0 Å². The van der Waals surface area contributed by atoms with E-state index in [0.29, 0.717) is 29.2 Å². The standard InChI is InChI=1S/C27H45NO2/c1-16-5-8-23(28-15-16)17(2)25-24(30)14-22-20-7-6-18-13-19(29)9-11-26(18,3)21(20)10-12-27(22,25)4/h6,16-17,19-25,28-30H,5,7-15H2,1-4H3/t16-,17-,19+,20-,21?,22?,23-,24-,25+,26+,27+/m1/s1. The maximum Gasteiger partial charge on any atom is 0.0579 e. The number of fused-ring (bicyclic) bond motifs is 5. The van der Waals surface area contributed by atoms with Gasteiger partial charge in [0.15, 0.2) is 0 Å². The van der Waals surface area contributed by atoms with E-state index in [4.69, 9.17) is 0 Å². The van der Waals surface area contributed by atoms with Crippen LogP contribution in [-0.4, -0.2) is 35.0 Å². The molecule has 0 amide bonds. The topological polar surface area (TPSA) is 52.5 Å². The van der Waals surface area contributed by atoms with Crippen LogP contribution < -0.4 is 5.32 Å². The fourth-order valence-corrected chi connectivity index (χ4v) is 9.36. The molecule has 0 aromatic carbocycles. The van der Waals surface area contributed by atoms with Crippen molar-refractivity contribution in [3.05, 3.63) is 11.6 Å². The Bertz CT molecular complexity index is 682. The van der Waals surface area contributed by atoms with Gasteiger partial charge in [0, 0.05) is 6.04 Å². The lowest BCUT2D eigenvalue weighted by molar-refractivity contribution is -0.0655. The summed E-state index contributed by atoms with van der Waals surface area (Å²) in [7, 11) is 0. The molecule has 3 heteroatoms. The fourth-order valence-electron chi connectivity index (χ4n) is 9.36. The average Bonchev–Trinajstić information content (AvgIpc) is 2.98. The van der Waals surface area contributed by atoms with E-state index < -0.39 is 0 Å². The van der Waals surface area contributed by atoms with E-state index in [2.05, 4.69) is 39.1 Å². The van der Waals surface area contributed by atoms with Crippen molar-refractivity contribution in [3.63, 3.8) is 0 Å². The third-order valence-electron chi connectivity index (χ3n) is 11.1. The first-order valence-electron chi connectivity index (χ1n) is 13.0. The Hall–Kier alpha value is -0.380. The quantitative estimate of drug-likeness (QED) is 0.561. The predicted octanol–water partition coefficient (Wildman–Crippen LogP) is 4.92. The lowest BCUT2D eigenvalue weighted by atomic mass is 9.47. The molecule has 4 aliphatic carbocycles. The van der Waals surface area contributed by atoms with Gasteiger partial charge in [-0.3, -0.25) is 0 Å². The largest absolute Gasteiger partial charge is 0.393 e. The van der Waals surface area contributed by atoms with Gasteiger partial charge in [-0.15, -0.1) is 0 Å². The van der Waals surface area contributed by atoms with Crippen LogP contribution in [-0.2, 0) is 0 Å². The van der Waals surface area contributed by atoms with Crippen LogP contribution in [0, 0.1) is 46.3 Å². The summed E-state index contributed by atoms with van der Waals surface area (Å²) in [5, 5.41) is 25.5. The molecule has 3 N–H and O–H groups in total. The van der Waals surface area contributed by atoms with Crippen LogP contribution in [0.1, 0.15) is 85.5 Å². The highest BCUT2D eigenvalue weighted by Gasteiger charge is 2.62. The SMILES string of the molecule is C[C@@H]1CC[C@H]([C@@H](C)[C@H]2[C@H](O)CC3[C@@H]4CC=C5C[C@@H](O)CC[C@]5(C)C4CC[C@@]32C)NC1. The van der Waals surface area contributed by atoms with Crippen LogP contribution in [0.4, 0.5) is 0 Å². The van der Waals surface area contributed by atoms with Gasteiger partial charge in [-0.05, 0) is 111 Å². The Morgan fingerprint density at radius 2 is 1.87 bits per heavy atom. The normalized spacial score (nSPS) is 54.5. The van der Waals surface area contributed by atoms with Gasteiger partial charge in [-0.2, -0.15) is 0 Å². The van der Waals surface area contributed by atoms with Gasteiger partial charge < -0.3 is 15.5 Å². The smallest absolute Gasteiger partial charge is 0.0579 e. The molecule has 1 heterocycles. The molecular weight excluding hydrogens is 370 g/mol. The highest BCUT2D eigenvalue weighted by atomic mass is 16.3. The van der Waals surface area contributed by atoms with Gasteiger partial charge in [0.25, 0.3) is 0 Å². The Balaban J connectivity index is 1.39. The molecule has 1 saturated heterocycles. The lowest BCUT2D eigenvalue weighted by Crippen LogP contribution is -2.53. The molecule has 170 valence electrons. The number of allylic oxidation sites excluding steroid dienone is 1. The second-order valence-corrected chi connectivity index (χ2v) is 12.6. The molecular formula is C27H45NO2. The number of hydrogen-bond donors (Lipinski definition) is 3. The molecule has 0 spiro atoms. The Morgan fingerprint density at radius 3 is 2.60 bits per heavy atom. The molecule has 1 aliphatic heterocycles. The van der Waals surface area contributed by atoms with Gasteiger partial charge >= 0.3 is 0 Å². The number of rotatable bonds is 2. The van der Waals surface area contributed by atoms with E-state index in [1.165, 1.54) is 32.1 Å². The van der Waals surface area contributed by atoms with E-state index in [9.17, 15) is 10.2 Å². The van der Waals surface area contributed by atoms with Crippen LogP contribution >= 0.6 is 0 Å². The third-order valence-corrected chi connectivity index (χ3v) is 11.1. The minimum atomic E-state index is -0.138. The first-order chi connectivity index (χ1) is 14.2. The Morgan fingerprint density at radius 1 is 1.07 bits per heavy atom. The molecule has 3 nitrogen and oxygen atoms in total. The molecule has 2 unspecified atom stereocenters. The zero-order chi connectivity index (χ0) is 21.3. The summed E-state index contributed by atoms with van der Waals surface area (Å²) < 4.78 is 0. The summed E-state index contributed by atoms with van der Waals surface area (Å²) in [6.07, 6.45) is 12.6. The maximum absolute atomic E-state index is 11.4. The molecule has 5 aliphatic rings. The van der Waals surface area contributed by atoms with Crippen molar-refractivity contribution in [1.82, 2.24) is 5.32 Å². The second kappa shape index (κ2) is 7.59. The van der Waals surface area contributed by atoms with Gasteiger partial charge in [0.2, 0.25) is 0 Å². The highest BCUT2D eigenvalue weighted by Crippen LogP contribution is 2.67. The van der Waals surface area contributed by atoms with Crippen molar-refractivity contribution < 1.29 is 10.2 Å². The summed E-state index contributed by atoms with van der Waals surface area (Å²) in [4.78, 5) is 0. The van der Waals surface area contributed by atoms with Crippen LogP contribution in [0.25, 0.3) is 0 Å². The number of aliphatic hydroxyl groups is 2. The summed E-state index contributed by atoms with van der Waals surface area (Å²) in [6.45, 7) is 11.0. The molecule has 0 aromatic heterocycles. The van der Waals surface area contributed by atoms with E-state index in [1.54, 1.807) is 5.57 Å². The maximum atomic E-state index is 11.4. The van der Waals surface area contributed by atoms with Crippen LogP contribution in [0.15, 0.2) is 11.6 Å². The fraction of sp³-hybridized carbons (Fsp3) is 0.926. The van der Waals surface area contributed by atoms with E-state index in [-0.39, 0.29) is 17.6 Å². The van der Waals surface area contributed by atoms with Crippen molar-refractivity contribution in [2.24, 2.45) is 46.3 Å². The number of nitrogens with one attached hydrogen (secondary N) is 1. The number of hydrogen-bond acceptors (Lipinski definition) is 3. The van der Waals surface area contributed by atoms with Crippen molar-refractivity contribution in [3.8, 4) is 0 Å². The van der Waals surface area contributed by atoms with Gasteiger partial charge in [-0.25, -0.2) is 0 Å². The molecule has 0 bridgehead atoms. The van der Waals surface area contributed by atoms with Gasteiger partial charge in [0.05, 0.1) is 12.2 Å². The molecule has 4 fully saturated rings. The van der Waals surface area contributed by atoms with Crippen molar-refractivity contribution >= 4 is 0 Å². The molecule has 5 rings (SSSR count). The average molecular weight is 416 g/mol. The van der Waals surface area contributed by atoms with Crippen molar-refractivity contribution in [2.75, 3.05) is 6.54 Å². The van der Waals surface area contributed by atoms with Crippen LogP contribution in [0.3, 0.4) is 0 Å². The molecule has 0 aromatic rings. The second-order valence-electron chi connectivity index (χ2n) is 12.6. The third kappa shape index (κ3) is 3.17. The summed E-state index contributed by atoms with van der Waals surface area (Å²) in [5.41, 5.74) is 2.12. The summed E-state index contributed by atoms with van der Waals surface area (Å²) in [5.74, 6) is 3.90. The monoisotopic (exact) mass is 415 g/mol. The van der Waals surface area contributed by atoms with E-state index in [1.807, 2.05) is 0 Å². The molecule has 11 atom stereocenters. The highest BCUT2D eigenvalue weighted by molar-refractivity contribution is 5.25. The first kappa shape index (κ1) is 21.5. The summed E-state index contributed by atoms with van der Waals surface area (Å²) >= 11 is 0. The van der Waals surface area contributed by atoms with E-state index in [0.717, 1.165) is 50.0 Å². The minimum Gasteiger partial charge on any atom is -0.393 e. The zero-order valence-corrected chi connectivity index (χ0v) is 19.7. The number of aliphatic hydroxyl groups excluding tert-OH is 2. The van der Waals surface area contributed by atoms with Crippen LogP contribution in [0.2, 0.25) is 0 Å². The Kier molecular flexibility index (Phi) is 5.43. The Labute approximate surface area is 184 Å². The predicted molar refractivity (Wildman–Crippen MR) is 122 cm³/mol. The van der Waals surface area contributed by atoms with Crippen molar-refractivity contribution in [1.29, 1.82) is 0 Å². The molecule has 3 saturated carbocycles. The minimum absolute atomic E-state index is 0.126. The zero-order valence-electron chi connectivity index (χ0n) is 19.7. The van der Waals surface area contributed by atoms with Gasteiger partial charge in [-0.1, -0.05) is 39.3 Å². The number of piperidine rings is 1. The lowest BCUT2D eigenvalue weighted by Gasteiger charge is -2.58. The molecule has 30 heavy (non-hydrogen) atoms. The summed E-state index contributed by atoms with van der Waals surface area (Å²) in [6, 6.07) is 0.573. The first-order valence-corrected chi connectivity index (χ1v) is 13.0.